The number of amides is 1. The van der Waals surface area contributed by atoms with E-state index in [9.17, 15) is 14.7 Å². The fourth-order valence-electron chi connectivity index (χ4n) is 2.77. The molecule has 0 saturated heterocycles. The molecule has 5 nitrogen and oxygen atoms in total. The van der Waals surface area contributed by atoms with Crippen molar-refractivity contribution in [2.45, 2.75) is 44.6 Å². The molecule has 2 rings (SSSR count). The Kier molecular flexibility index (Phi) is 7.14. The summed E-state index contributed by atoms with van der Waals surface area (Å²) >= 11 is 0. The van der Waals surface area contributed by atoms with Crippen molar-refractivity contribution in [2.24, 2.45) is 0 Å². The van der Waals surface area contributed by atoms with E-state index in [0.29, 0.717) is 17.5 Å². The average molecular weight is 340 g/mol. The Morgan fingerprint density at radius 2 is 1.92 bits per heavy atom. The highest BCUT2D eigenvalue weighted by Crippen LogP contribution is 2.16. The van der Waals surface area contributed by atoms with Gasteiger partial charge in [-0.05, 0) is 31.4 Å². The summed E-state index contributed by atoms with van der Waals surface area (Å²) in [6.45, 7) is 3.68. The molecule has 0 spiro atoms. The van der Waals surface area contributed by atoms with Gasteiger partial charge in [-0.3, -0.25) is 9.78 Å². The van der Waals surface area contributed by atoms with Gasteiger partial charge >= 0.3 is 5.97 Å². The molecule has 1 aromatic heterocycles. The van der Waals surface area contributed by atoms with E-state index in [1.807, 2.05) is 18.2 Å². The molecular weight excluding hydrogens is 316 g/mol. The zero-order valence-electron chi connectivity index (χ0n) is 14.3. The van der Waals surface area contributed by atoms with Crippen LogP contribution in [0, 0.1) is 0 Å². The van der Waals surface area contributed by atoms with Crippen molar-refractivity contribution in [3.63, 3.8) is 0 Å². The number of carboxylic acid groups (broad SMARTS) is 1. The fraction of sp³-hybridized carbons (Fsp3) is 0.350. The predicted molar refractivity (Wildman–Crippen MR) is 98.5 cm³/mol. The van der Waals surface area contributed by atoms with E-state index in [-0.39, 0.29) is 0 Å². The second-order valence-electron chi connectivity index (χ2n) is 6.03. The Labute approximate surface area is 147 Å². The highest BCUT2D eigenvalue weighted by atomic mass is 16.4. The topological polar surface area (TPSA) is 79.3 Å². The van der Waals surface area contributed by atoms with Crippen LogP contribution in [0.3, 0.4) is 0 Å². The van der Waals surface area contributed by atoms with Crippen molar-refractivity contribution >= 4 is 22.8 Å². The molecule has 0 aliphatic carbocycles. The Bertz CT molecular complexity index is 737. The molecule has 5 heteroatoms. The molecule has 0 radical (unpaired) electrons. The first kappa shape index (κ1) is 18.6. The maximum Gasteiger partial charge on any atom is 0.326 e. The van der Waals surface area contributed by atoms with Crippen molar-refractivity contribution in [1.29, 1.82) is 0 Å². The van der Waals surface area contributed by atoms with E-state index < -0.39 is 17.9 Å². The van der Waals surface area contributed by atoms with E-state index in [1.54, 1.807) is 24.4 Å². The number of carbonyl (C=O) groups is 2. The first-order chi connectivity index (χ1) is 12.1. The molecule has 0 saturated carbocycles. The van der Waals surface area contributed by atoms with Crippen LogP contribution >= 0.6 is 0 Å². The van der Waals surface area contributed by atoms with Gasteiger partial charge in [-0.15, -0.1) is 6.58 Å². The van der Waals surface area contributed by atoms with Crippen molar-refractivity contribution in [3.8, 4) is 0 Å². The second-order valence-corrected chi connectivity index (χ2v) is 6.03. The lowest BCUT2D eigenvalue weighted by molar-refractivity contribution is -0.139. The Morgan fingerprint density at radius 1 is 1.16 bits per heavy atom. The molecule has 0 bridgehead atoms. The van der Waals surface area contributed by atoms with E-state index in [0.717, 1.165) is 37.5 Å². The van der Waals surface area contributed by atoms with Gasteiger partial charge in [-0.25, -0.2) is 4.79 Å². The molecule has 1 aromatic carbocycles. The molecule has 25 heavy (non-hydrogen) atoms. The Morgan fingerprint density at radius 3 is 2.68 bits per heavy atom. The summed E-state index contributed by atoms with van der Waals surface area (Å²) in [5, 5.41) is 12.9. The molecule has 1 amide bonds. The van der Waals surface area contributed by atoms with Gasteiger partial charge in [-0.2, -0.15) is 0 Å². The second kappa shape index (κ2) is 9.57. The monoisotopic (exact) mass is 340 g/mol. The van der Waals surface area contributed by atoms with Gasteiger partial charge in [0.1, 0.15) is 6.04 Å². The number of para-hydroxylation sites is 1. The maximum absolute atomic E-state index is 12.5. The number of hydrogen-bond donors (Lipinski definition) is 2. The largest absolute Gasteiger partial charge is 0.480 e. The zero-order valence-corrected chi connectivity index (χ0v) is 14.3. The Balaban J connectivity index is 1.97. The van der Waals surface area contributed by atoms with E-state index in [1.165, 1.54) is 0 Å². The molecule has 1 heterocycles. The molecule has 2 N–H and O–H groups in total. The third kappa shape index (κ3) is 5.41. The van der Waals surface area contributed by atoms with Gasteiger partial charge < -0.3 is 10.4 Å². The van der Waals surface area contributed by atoms with Crippen molar-refractivity contribution in [3.05, 3.63) is 54.7 Å². The number of unbranched alkanes of at least 4 members (excludes halogenated alkanes) is 4. The lowest BCUT2D eigenvalue weighted by Crippen LogP contribution is -2.40. The van der Waals surface area contributed by atoms with Crippen LogP contribution in [0.25, 0.3) is 10.9 Å². The number of aliphatic carboxylic acids is 1. The van der Waals surface area contributed by atoms with Gasteiger partial charge in [0.15, 0.2) is 0 Å². The summed E-state index contributed by atoms with van der Waals surface area (Å²) < 4.78 is 0. The first-order valence-corrected chi connectivity index (χ1v) is 8.62. The molecule has 0 fully saturated rings. The first-order valence-electron chi connectivity index (χ1n) is 8.62. The van der Waals surface area contributed by atoms with Gasteiger partial charge in [-0.1, -0.05) is 43.5 Å². The minimum absolute atomic E-state index is 0.398. The van der Waals surface area contributed by atoms with Crippen LogP contribution in [0.4, 0.5) is 0 Å². The average Bonchev–Trinajstić information content (AvgIpc) is 2.62. The summed E-state index contributed by atoms with van der Waals surface area (Å²) in [5.74, 6) is -1.41. The highest BCUT2D eigenvalue weighted by molar-refractivity contribution is 6.06. The number of rotatable bonds is 10. The van der Waals surface area contributed by atoms with Crippen LogP contribution in [0.1, 0.15) is 48.9 Å². The van der Waals surface area contributed by atoms with Crippen LogP contribution in [-0.2, 0) is 4.79 Å². The summed E-state index contributed by atoms with van der Waals surface area (Å²) in [4.78, 5) is 28.2. The van der Waals surface area contributed by atoms with Gasteiger partial charge in [0, 0.05) is 11.6 Å². The van der Waals surface area contributed by atoms with Gasteiger partial charge in [0.2, 0.25) is 0 Å². The lowest BCUT2D eigenvalue weighted by Gasteiger charge is -2.15. The molecule has 0 aliphatic rings. The van der Waals surface area contributed by atoms with Crippen molar-refractivity contribution in [1.82, 2.24) is 10.3 Å². The summed E-state index contributed by atoms with van der Waals surface area (Å²) in [6.07, 6.45) is 8.73. The predicted octanol–water partition coefficient (Wildman–Crippen LogP) is 3.94. The van der Waals surface area contributed by atoms with E-state index >= 15 is 0 Å². The normalized spacial score (nSPS) is 11.8. The minimum atomic E-state index is -1.01. The van der Waals surface area contributed by atoms with Crippen LogP contribution in [0.15, 0.2) is 49.2 Å². The standard InChI is InChI=1S/C20H24N2O3/c1-2-3-4-5-6-7-13-17(20(24)25)22-19(23)16-12-8-10-15-11-9-14-21-18(15)16/h2,8-12,14,17H,1,3-7,13H2,(H,22,23)(H,24,25)/t17-/m1/s1. The zero-order chi connectivity index (χ0) is 18.1. The summed E-state index contributed by atoms with van der Waals surface area (Å²) in [7, 11) is 0. The lowest BCUT2D eigenvalue weighted by atomic mass is 10.0. The number of nitrogens with one attached hydrogen (secondary N) is 1. The molecule has 0 unspecified atom stereocenters. The van der Waals surface area contributed by atoms with Gasteiger partial charge in [0.05, 0.1) is 11.1 Å². The third-order valence-corrected chi connectivity index (χ3v) is 4.13. The highest BCUT2D eigenvalue weighted by Gasteiger charge is 2.21. The minimum Gasteiger partial charge on any atom is -0.480 e. The van der Waals surface area contributed by atoms with Crippen LogP contribution < -0.4 is 5.32 Å². The number of pyridine rings is 1. The fourth-order valence-corrected chi connectivity index (χ4v) is 2.77. The number of allylic oxidation sites excluding steroid dienone is 1. The maximum atomic E-state index is 12.5. The van der Waals surface area contributed by atoms with Crippen molar-refractivity contribution < 1.29 is 14.7 Å². The molecule has 132 valence electrons. The number of carboxylic acids is 1. The quantitative estimate of drug-likeness (QED) is 0.507. The van der Waals surface area contributed by atoms with Crippen LogP contribution in [-0.4, -0.2) is 28.0 Å². The smallest absolute Gasteiger partial charge is 0.326 e. The number of nitrogens with zero attached hydrogens (tertiary/aromatic N) is 1. The molecule has 2 aromatic rings. The third-order valence-electron chi connectivity index (χ3n) is 4.13. The van der Waals surface area contributed by atoms with Crippen LogP contribution in [0.2, 0.25) is 0 Å². The van der Waals surface area contributed by atoms with Gasteiger partial charge in [0.25, 0.3) is 5.91 Å². The summed E-state index contributed by atoms with van der Waals surface area (Å²) in [6, 6.07) is 8.10. The van der Waals surface area contributed by atoms with E-state index in [2.05, 4.69) is 16.9 Å². The summed E-state index contributed by atoms with van der Waals surface area (Å²) in [5.41, 5.74) is 0.978. The van der Waals surface area contributed by atoms with Crippen LogP contribution in [0.5, 0.6) is 0 Å². The molecule has 0 aliphatic heterocycles. The number of benzene rings is 1. The van der Waals surface area contributed by atoms with Crippen molar-refractivity contribution in [2.75, 3.05) is 0 Å². The molecule has 1 atom stereocenters. The number of carbonyl (C=O) groups excluding carboxylic acids is 1. The number of aromatic nitrogens is 1. The number of fused-ring (bicyclic) bond motifs is 1. The van der Waals surface area contributed by atoms with E-state index in [4.69, 9.17) is 0 Å². The SMILES string of the molecule is C=CCCCCCC[C@@H](NC(=O)c1cccc2cccnc12)C(=O)O. The molecular formula is C20H24N2O3. The Hall–Kier alpha value is -2.69. The number of hydrogen-bond acceptors (Lipinski definition) is 3.